The molecule has 0 amide bonds. The monoisotopic (exact) mass is 316 g/mol. The van der Waals surface area contributed by atoms with Crippen LogP contribution in [0.15, 0.2) is 18.2 Å². The lowest BCUT2D eigenvalue weighted by molar-refractivity contribution is 0.208. The van der Waals surface area contributed by atoms with E-state index < -0.39 is 0 Å². The van der Waals surface area contributed by atoms with Gasteiger partial charge in [0.2, 0.25) is 0 Å². The minimum atomic E-state index is 0.236. The fourth-order valence-electron chi connectivity index (χ4n) is 3.38. The Bertz CT molecular complexity index is 702. The largest absolute Gasteiger partial charge is 0.496 e. The van der Waals surface area contributed by atoms with Gasteiger partial charge in [-0.05, 0) is 49.4 Å². The Hall–Kier alpha value is -2.01. The van der Waals surface area contributed by atoms with Gasteiger partial charge in [-0.25, -0.2) is 4.98 Å². The highest BCUT2D eigenvalue weighted by molar-refractivity contribution is 5.94. The molecule has 0 bridgehead atoms. The Morgan fingerprint density at radius 3 is 2.70 bits per heavy atom. The van der Waals surface area contributed by atoms with Gasteiger partial charge in [0.1, 0.15) is 22.8 Å². The van der Waals surface area contributed by atoms with Crippen molar-refractivity contribution in [2.45, 2.75) is 19.8 Å². The Balaban J connectivity index is 2.09. The van der Waals surface area contributed by atoms with Crippen molar-refractivity contribution in [2.24, 2.45) is 5.92 Å². The van der Waals surface area contributed by atoms with E-state index >= 15 is 0 Å². The number of aliphatic hydroxyl groups excluding tert-OH is 1. The van der Waals surface area contributed by atoms with Gasteiger partial charge in [0, 0.05) is 25.1 Å². The van der Waals surface area contributed by atoms with E-state index in [1.54, 1.807) is 14.2 Å². The van der Waals surface area contributed by atoms with Gasteiger partial charge in [-0.1, -0.05) is 0 Å². The van der Waals surface area contributed by atoms with Crippen LogP contribution in [0.4, 0.5) is 5.82 Å². The van der Waals surface area contributed by atoms with Crippen LogP contribution in [0.25, 0.3) is 10.9 Å². The van der Waals surface area contributed by atoms with Crippen molar-refractivity contribution in [3.8, 4) is 11.5 Å². The van der Waals surface area contributed by atoms with Crippen molar-refractivity contribution in [3.05, 3.63) is 23.8 Å². The highest BCUT2D eigenvalue weighted by Crippen LogP contribution is 2.36. The number of hydrogen-bond donors (Lipinski definition) is 1. The molecule has 0 radical (unpaired) electrons. The van der Waals surface area contributed by atoms with Gasteiger partial charge in [-0.15, -0.1) is 0 Å². The summed E-state index contributed by atoms with van der Waals surface area (Å²) >= 11 is 0. The Kier molecular flexibility index (Phi) is 4.57. The average Bonchev–Trinajstić information content (AvgIpc) is 2.60. The number of benzene rings is 1. The first kappa shape index (κ1) is 15.9. The molecule has 1 saturated heterocycles. The molecule has 1 aliphatic heterocycles. The first-order valence-electron chi connectivity index (χ1n) is 8.06. The zero-order valence-electron chi connectivity index (χ0n) is 14.0. The predicted molar refractivity (Wildman–Crippen MR) is 91.6 cm³/mol. The topological polar surface area (TPSA) is 54.8 Å². The second-order valence-electron chi connectivity index (χ2n) is 6.13. The molecule has 0 spiro atoms. The summed E-state index contributed by atoms with van der Waals surface area (Å²) in [4.78, 5) is 7.11. The van der Waals surface area contributed by atoms with Crippen LogP contribution in [0.5, 0.6) is 11.5 Å². The molecule has 1 aromatic heterocycles. The summed E-state index contributed by atoms with van der Waals surface area (Å²) in [5.41, 5.74) is 1.94. The normalized spacial score (nSPS) is 18.3. The molecule has 5 heteroatoms. The van der Waals surface area contributed by atoms with Gasteiger partial charge < -0.3 is 19.5 Å². The number of fused-ring (bicyclic) bond motifs is 1. The van der Waals surface area contributed by atoms with Crippen LogP contribution in [0, 0.1) is 12.8 Å². The number of methoxy groups -OCH3 is 2. The number of ether oxygens (including phenoxy) is 2. The van der Waals surface area contributed by atoms with Crippen LogP contribution < -0.4 is 14.4 Å². The number of aliphatic hydroxyl groups is 1. The van der Waals surface area contributed by atoms with Crippen molar-refractivity contribution in [3.63, 3.8) is 0 Å². The number of hydrogen-bond acceptors (Lipinski definition) is 5. The molecule has 0 saturated carbocycles. The Morgan fingerprint density at radius 2 is 2.00 bits per heavy atom. The van der Waals surface area contributed by atoms with Crippen LogP contribution in [0.2, 0.25) is 0 Å². The van der Waals surface area contributed by atoms with Gasteiger partial charge in [-0.2, -0.15) is 0 Å². The molecule has 1 aliphatic rings. The van der Waals surface area contributed by atoms with E-state index in [2.05, 4.69) is 17.9 Å². The number of aromatic nitrogens is 1. The van der Waals surface area contributed by atoms with Crippen LogP contribution in [0.3, 0.4) is 0 Å². The van der Waals surface area contributed by atoms with Crippen molar-refractivity contribution in [1.82, 2.24) is 4.98 Å². The van der Waals surface area contributed by atoms with Crippen LogP contribution in [-0.4, -0.2) is 44.0 Å². The molecule has 2 heterocycles. The lowest BCUT2D eigenvalue weighted by atomic mass is 9.99. The van der Waals surface area contributed by atoms with E-state index in [1.165, 1.54) is 0 Å². The average molecular weight is 316 g/mol. The van der Waals surface area contributed by atoms with E-state index in [0.29, 0.717) is 5.92 Å². The fraction of sp³-hybridized carbons (Fsp3) is 0.500. The molecule has 2 aromatic rings. The van der Waals surface area contributed by atoms with Gasteiger partial charge in [0.25, 0.3) is 0 Å². The van der Waals surface area contributed by atoms with Crippen molar-refractivity contribution >= 4 is 16.7 Å². The summed E-state index contributed by atoms with van der Waals surface area (Å²) in [5, 5.41) is 10.4. The molecule has 0 aliphatic carbocycles. The number of anilines is 1. The Morgan fingerprint density at radius 1 is 1.26 bits per heavy atom. The summed E-state index contributed by atoms with van der Waals surface area (Å²) in [7, 11) is 3.33. The quantitative estimate of drug-likeness (QED) is 0.940. The number of pyridine rings is 1. The molecule has 23 heavy (non-hydrogen) atoms. The van der Waals surface area contributed by atoms with Gasteiger partial charge in [0.05, 0.1) is 14.2 Å². The minimum absolute atomic E-state index is 0.236. The minimum Gasteiger partial charge on any atom is -0.496 e. The molecule has 0 unspecified atom stereocenters. The zero-order chi connectivity index (χ0) is 16.4. The lowest BCUT2D eigenvalue weighted by Crippen LogP contribution is -2.37. The third kappa shape index (κ3) is 2.93. The molecule has 124 valence electrons. The molecule has 1 aromatic carbocycles. The molecule has 3 rings (SSSR count). The molecule has 5 nitrogen and oxygen atoms in total. The molecule has 1 atom stereocenters. The van der Waals surface area contributed by atoms with E-state index in [4.69, 9.17) is 14.5 Å². The van der Waals surface area contributed by atoms with Crippen molar-refractivity contribution in [2.75, 3.05) is 38.8 Å². The summed E-state index contributed by atoms with van der Waals surface area (Å²) in [5.74, 6) is 2.83. The highest BCUT2D eigenvalue weighted by Gasteiger charge is 2.22. The summed E-state index contributed by atoms with van der Waals surface area (Å²) in [6, 6.07) is 5.91. The van der Waals surface area contributed by atoms with Crippen LogP contribution >= 0.6 is 0 Å². The SMILES string of the molecule is COc1ccc(OC)c2c(C)cc(N3CCC[C@H](CO)C3)nc12. The van der Waals surface area contributed by atoms with Gasteiger partial charge >= 0.3 is 0 Å². The second-order valence-corrected chi connectivity index (χ2v) is 6.13. The van der Waals surface area contributed by atoms with E-state index in [9.17, 15) is 5.11 Å². The highest BCUT2D eigenvalue weighted by atomic mass is 16.5. The fourth-order valence-corrected chi connectivity index (χ4v) is 3.38. The lowest BCUT2D eigenvalue weighted by Gasteiger charge is -2.33. The number of piperidine rings is 1. The van der Waals surface area contributed by atoms with Crippen LogP contribution in [0.1, 0.15) is 18.4 Å². The summed E-state index contributed by atoms with van der Waals surface area (Å²) in [6.45, 7) is 4.13. The second kappa shape index (κ2) is 6.62. The maximum atomic E-state index is 9.45. The molecule has 1 fully saturated rings. The zero-order valence-corrected chi connectivity index (χ0v) is 14.0. The van der Waals surface area contributed by atoms with Crippen LogP contribution in [-0.2, 0) is 0 Å². The predicted octanol–water partition coefficient (Wildman–Crippen LogP) is 2.77. The van der Waals surface area contributed by atoms with Crippen molar-refractivity contribution < 1.29 is 14.6 Å². The summed E-state index contributed by atoms with van der Waals surface area (Å²) < 4.78 is 11.0. The van der Waals surface area contributed by atoms with Gasteiger partial charge in [-0.3, -0.25) is 0 Å². The van der Waals surface area contributed by atoms with Gasteiger partial charge in [0.15, 0.2) is 0 Å². The third-order valence-corrected chi connectivity index (χ3v) is 4.61. The molecular formula is C18H24N2O3. The standard InChI is InChI=1S/C18H24N2O3/c1-12-9-16(20-8-4-5-13(10-20)11-21)19-18-15(23-3)7-6-14(22-2)17(12)18/h6-7,9,13,21H,4-5,8,10-11H2,1-3H3/t13-/m0/s1. The van der Waals surface area contributed by atoms with E-state index in [-0.39, 0.29) is 6.61 Å². The first-order chi connectivity index (χ1) is 11.2. The van der Waals surface area contributed by atoms with E-state index in [0.717, 1.165) is 59.7 Å². The number of nitrogens with zero attached hydrogens (tertiary/aromatic N) is 2. The Labute approximate surface area is 136 Å². The first-order valence-corrected chi connectivity index (χ1v) is 8.06. The van der Waals surface area contributed by atoms with E-state index in [1.807, 2.05) is 12.1 Å². The summed E-state index contributed by atoms with van der Waals surface area (Å²) in [6.07, 6.45) is 2.16. The van der Waals surface area contributed by atoms with Crippen molar-refractivity contribution in [1.29, 1.82) is 0 Å². The number of rotatable bonds is 4. The maximum Gasteiger partial charge on any atom is 0.145 e. The molecule has 1 N–H and O–H groups in total. The molecular weight excluding hydrogens is 292 g/mol. The number of aryl methyl sites for hydroxylation is 1. The maximum absolute atomic E-state index is 9.45. The third-order valence-electron chi connectivity index (χ3n) is 4.61. The smallest absolute Gasteiger partial charge is 0.145 e.